The quantitative estimate of drug-likeness (QED) is 0.454. The number of allylic oxidation sites excluding steroid dienone is 2. The molecule has 13 heavy (non-hydrogen) atoms. The van der Waals surface area contributed by atoms with Crippen LogP contribution in [0.5, 0.6) is 0 Å². The Morgan fingerprint density at radius 1 is 1.54 bits per heavy atom. The zero-order valence-electron chi connectivity index (χ0n) is 6.76. The second-order valence-electron chi connectivity index (χ2n) is 3.03. The Bertz CT molecular complexity index is 372. The second-order valence-corrected chi connectivity index (χ2v) is 3.47. The standard InChI is InChI=1S/C8H6ClNO3/c1-8-5(2-4(9)3-10-8)6(11)13-7(8)12/h2-3,10H,1H3. The van der Waals surface area contributed by atoms with Gasteiger partial charge in [0.15, 0.2) is 5.54 Å². The Morgan fingerprint density at radius 2 is 2.23 bits per heavy atom. The largest absolute Gasteiger partial charge is 0.388 e. The molecule has 68 valence electrons. The molecule has 0 saturated carbocycles. The molecular weight excluding hydrogens is 194 g/mol. The molecule has 1 N–H and O–H groups in total. The molecule has 5 heteroatoms. The van der Waals surface area contributed by atoms with Gasteiger partial charge in [0.1, 0.15) is 0 Å². The molecule has 0 aromatic carbocycles. The van der Waals surface area contributed by atoms with Crippen LogP contribution in [0.4, 0.5) is 0 Å². The van der Waals surface area contributed by atoms with Crippen LogP contribution in [-0.2, 0) is 14.3 Å². The highest BCUT2D eigenvalue weighted by molar-refractivity contribution is 6.32. The van der Waals surface area contributed by atoms with E-state index in [0.717, 1.165) is 0 Å². The van der Waals surface area contributed by atoms with Crippen molar-refractivity contribution in [3.05, 3.63) is 22.9 Å². The van der Waals surface area contributed by atoms with Crippen molar-refractivity contribution in [3.63, 3.8) is 0 Å². The van der Waals surface area contributed by atoms with Gasteiger partial charge in [0.05, 0.1) is 10.6 Å². The smallest absolute Gasteiger partial charge is 0.344 e. The first-order chi connectivity index (χ1) is 6.04. The van der Waals surface area contributed by atoms with E-state index in [9.17, 15) is 9.59 Å². The number of carbonyl (C=O) groups excluding carboxylic acids is 2. The number of cyclic esters (lactones) is 2. The first kappa shape index (κ1) is 8.31. The summed E-state index contributed by atoms with van der Waals surface area (Å²) in [7, 11) is 0. The molecule has 1 saturated heterocycles. The maximum atomic E-state index is 11.2. The minimum absolute atomic E-state index is 0.255. The molecule has 0 aliphatic carbocycles. The molecule has 0 spiro atoms. The van der Waals surface area contributed by atoms with Gasteiger partial charge >= 0.3 is 11.9 Å². The van der Waals surface area contributed by atoms with E-state index in [0.29, 0.717) is 5.03 Å². The highest BCUT2D eigenvalue weighted by Gasteiger charge is 2.51. The first-order valence-electron chi connectivity index (χ1n) is 3.66. The van der Waals surface area contributed by atoms with E-state index in [4.69, 9.17) is 11.6 Å². The average molecular weight is 200 g/mol. The topological polar surface area (TPSA) is 55.4 Å². The van der Waals surface area contributed by atoms with Crippen molar-refractivity contribution in [2.45, 2.75) is 12.5 Å². The van der Waals surface area contributed by atoms with Gasteiger partial charge in [0, 0.05) is 6.20 Å². The number of halogens is 1. The van der Waals surface area contributed by atoms with Crippen LogP contribution >= 0.6 is 11.6 Å². The van der Waals surface area contributed by atoms with Gasteiger partial charge in [-0.25, -0.2) is 9.59 Å². The van der Waals surface area contributed by atoms with E-state index in [1.807, 2.05) is 0 Å². The first-order valence-corrected chi connectivity index (χ1v) is 4.04. The van der Waals surface area contributed by atoms with Crippen molar-refractivity contribution in [2.24, 2.45) is 0 Å². The van der Waals surface area contributed by atoms with Crippen molar-refractivity contribution in [1.82, 2.24) is 5.32 Å². The van der Waals surface area contributed by atoms with E-state index in [2.05, 4.69) is 10.1 Å². The molecule has 0 radical (unpaired) electrons. The molecule has 2 aliphatic rings. The fraction of sp³-hybridized carbons (Fsp3) is 0.250. The number of hydrogen-bond donors (Lipinski definition) is 1. The van der Waals surface area contributed by atoms with Gasteiger partial charge in [0.25, 0.3) is 0 Å². The van der Waals surface area contributed by atoms with Gasteiger partial charge in [0.2, 0.25) is 0 Å². The molecule has 1 atom stereocenters. The van der Waals surface area contributed by atoms with E-state index >= 15 is 0 Å². The molecule has 0 aromatic heterocycles. The number of carbonyl (C=O) groups is 2. The Kier molecular flexibility index (Phi) is 1.51. The summed E-state index contributed by atoms with van der Waals surface area (Å²) in [5.41, 5.74) is -0.805. The number of rotatable bonds is 0. The van der Waals surface area contributed by atoms with Crippen molar-refractivity contribution in [2.75, 3.05) is 0 Å². The number of nitrogens with one attached hydrogen (secondary N) is 1. The van der Waals surface area contributed by atoms with Crippen molar-refractivity contribution in [3.8, 4) is 0 Å². The van der Waals surface area contributed by atoms with Crippen LogP contribution in [0.25, 0.3) is 0 Å². The van der Waals surface area contributed by atoms with Crippen LogP contribution in [0.1, 0.15) is 6.92 Å². The summed E-state index contributed by atoms with van der Waals surface area (Å²) in [4.78, 5) is 22.4. The lowest BCUT2D eigenvalue weighted by Crippen LogP contribution is -2.46. The van der Waals surface area contributed by atoms with E-state index < -0.39 is 17.5 Å². The summed E-state index contributed by atoms with van der Waals surface area (Å²) in [5, 5.41) is 3.10. The van der Waals surface area contributed by atoms with Gasteiger partial charge in [-0.3, -0.25) is 0 Å². The van der Waals surface area contributed by atoms with E-state index in [1.165, 1.54) is 12.3 Å². The normalized spacial score (nSPS) is 31.5. The number of dihydropyridines is 1. The Morgan fingerprint density at radius 3 is 2.92 bits per heavy atom. The van der Waals surface area contributed by atoms with Crippen LogP contribution in [0, 0.1) is 0 Å². The number of esters is 2. The third-order valence-corrected chi connectivity index (χ3v) is 2.35. The highest BCUT2D eigenvalue weighted by Crippen LogP contribution is 2.31. The van der Waals surface area contributed by atoms with Crippen LogP contribution in [0.2, 0.25) is 0 Å². The third kappa shape index (κ3) is 0.986. The number of hydrogen-bond acceptors (Lipinski definition) is 4. The SMILES string of the molecule is CC12NC=C(Cl)C=C1C(=O)OC2=O. The molecule has 2 rings (SSSR count). The monoisotopic (exact) mass is 199 g/mol. The Labute approximate surface area is 79.2 Å². The zero-order valence-corrected chi connectivity index (χ0v) is 7.51. The Balaban J connectivity index is 2.53. The average Bonchev–Trinajstić information content (AvgIpc) is 2.28. The molecule has 2 aliphatic heterocycles. The molecule has 4 nitrogen and oxygen atoms in total. The summed E-state index contributed by atoms with van der Waals surface area (Å²) in [5.74, 6) is -1.23. The minimum Gasteiger partial charge on any atom is -0.388 e. The van der Waals surface area contributed by atoms with Gasteiger partial charge in [-0.15, -0.1) is 0 Å². The summed E-state index contributed by atoms with van der Waals surface area (Å²) in [6, 6.07) is 0. The van der Waals surface area contributed by atoms with Crippen LogP contribution in [-0.4, -0.2) is 17.5 Å². The minimum atomic E-state index is -1.06. The van der Waals surface area contributed by atoms with E-state index in [-0.39, 0.29) is 5.57 Å². The molecule has 2 heterocycles. The summed E-state index contributed by atoms with van der Waals surface area (Å²) in [6.45, 7) is 1.58. The number of fused-ring (bicyclic) bond motifs is 1. The molecule has 0 bridgehead atoms. The Hall–Kier alpha value is -1.29. The molecule has 0 amide bonds. The van der Waals surface area contributed by atoms with Crippen molar-refractivity contribution >= 4 is 23.5 Å². The maximum absolute atomic E-state index is 11.2. The lowest BCUT2D eigenvalue weighted by Gasteiger charge is -2.23. The maximum Gasteiger partial charge on any atom is 0.344 e. The lowest BCUT2D eigenvalue weighted by atomic mass is 9.92. The summed E-state index contributed by atoms with van der Waals surface area (Å²) in [6.07, 6.45) is 2.90. The van der Waals surface area contributed by atoms with Crippen LogP contribution in [0.3, 0.4) is 0 Å². The van der Waals surface area contributed by atoms with Crippen molar-refractivity contribution < 1.29 is 14.3 Å². The van der Waals surface area contributed by atoms with Gasteiger partial charge < -0.3 is 10.1 Å². The van der Waals surface area contributed by atoms with Gasteiger partial charge in [-0.1, -0.05) is 11.6 Å². The fourth-order valence-electron chi connectivity index (χ4n) is 1.29. The molecular formula is C8H6ClNO3. The van der Waals surface area contributed by atoms with Gasteiger partial charge in [-0.05, 0) is 13.0 Å². The van der Waals surface area contributed by atoms with E-state index in [1.54, 1.807) is 6.92 Å². The fourth-order valence-corrected chi connectivity index (χ4v) is 1.45. The molecule has 0 aromatic rings. The third-order valence-electron chi connectivity index (χ3n) is 2.13. The van der Waals surface area contributed by atoms with Crippen LogP contribution in [0.15, 0.2) is 22.9 Å². The molecule has 1 fully saturated rings. The van der Waals surface area contributed by atoms with Crippen molar-refractivity contribution in [1.29, 1.82) is 0 Å². The summed E-state index contributed by atoms with van der Waals surface area (Å²) < 4.78 is 4.46. The van der Waals surface area contributed by atoms with Gasteiger partial charge in [-0.2, -0.15) is 0 Å². The summed E-state index contributed by atoms with van der Waals surface area (Å²) >= 11 is 5.66. The number of ether oxygens (including phenoxy) is 1. The lowest BCUT2D eigenvalue weighted by molar-refractivity contribution is -0.153. The van der Waals surface area contributed by atoms with Crippen LogP contribution < -0.4 is 5.32 Å². The predicted octanol–water partition coefficient (Wildman–Crippen LogP) is 0.438. The second kappa shape index (κ2) is 2.35. The molecule has 1 unspecified atom stereocenters. The highest BCUT2D eigenvalue weighted by atomic mass is 35.5. The zero-order chi connectivity index (χ0) is 9.64. The predicted molar refractivity (Wildman–Crippen MR) is 44.7 cm³/mol.